The van der Waals surface area contributed by atoms with Crippen molar-refractivity contribution in [3.8, 4) is 0 Å². The van der Waals surface area contributed by atoms with Crippen molar-refractivity contribution < 1.29 is 0 Å². The zero-order valence-corrected chi connectivity index (χ0v) is 21.4. The van der Waals surface area contributed by atoms with Crippen LogP contribution in [0.1, 0.15) is 0 Å². The van der Waals surface area contributed by atoms with Crippen LogP contribution in [0, 0.1) is 0 Å². The van der Waals surface area contributed by atoms with Crippen molar-refractivity contribution in [1.82, 2.24) is 4.67 Å². The van der Waals surface area contributed by atoms with E-state index in [9.17, 15) is 0 Å². The van der Waals surface area contributed by atoms with E-state index in [2.05, 4.69) is 140 Å². The molecule has 164 valence electrons. The Morgan fingerprint density at radius 3 is 1.18 bits per heavy atom. The van der Waals surface area contributed by atoms with Gasteiger partial charge in [0.2, 0.25) is 0 Å². The first-order chi connectivity index (χ1) is 16.1. The highest BCUT2D eigenvalue weighted by atomic mass is 31.2. The molecule has 1 aliphatic heterocycles. The summed E-state index contributed by atoms with van der Waals surface area (Å²) in [6.07, 6.45) is 0. The van der Waals surface area contributed by atoms with Crippen molar-refractivity contribution in [2.24, 2.45) is 13.5 Å². The van der Waals surface area contributed by atoms with E-state index in [4.69, 9.17) is 13.5 Å². The van der Waals surface area contributed by atoms with E-state index in [1.807, 2.05) is 0 Å². The molecule has 7 heteroatoms. The van der Waals surface area contributed by atoms with Gasteiger partial charge in [0.15, 0.2) is 14.4 Å². The maximum atomic E-state index is 5.84. The lowest BCUT2D eigenvalue weighted by Crippen LogP contribution is -2.21. The van der Waals surface area contributed by atoms with Crippen LogP contribution in [-0.4, -0.2) is 18.8 Å². The molecule has 0 radical (unpaired) electrons. The van der Waals surface area contributed by atoms with Gasteiger partial charge in [-0.05, 0) is 9.03 Å². The molecule has 0 spiro atoms. The second-order valence-corrected chi connectivity index (χ2v) is 15.9. The molecule has 0 fully saturated rings. The predicted molar refractivity (Wildman–Crippen MR) is 146 cm³/mol. The fourth-order valence-corrected chi connectivity index (χ4v) is 16.2. The molecular weight excluding hydrogens is 461 g/mol. The molecule has 0 bridgehead atoms. The van der Waals surface area contributed by atoms with E-state index in [-0.39, 0.29) is 0 Å². The van der Waals surface area contributed by atoms with E-state index in [0.29, 0.717) is 0 Å². The molecule has 4 aromatic rings. The van der Waals surface area contributed by atoms with Gasteiger partial charge in [0.05, 0.1) is 0 Å². The number of rotatable bonds is 5. The quantitative estimate of drug-likeness (QED) is 0.293. The van der Waals surface area contributed by atoms with Gasteiger partial charge in [-0.25, -0.2) is 4.52 Å². The summed E-state index contributed by atoms with van der Waals surface area (Å²) >= 11 is 0. The summed E-state index contributed by atoms with van der Waals surface area (Å²) < 4.78 is 19.0. The first kappa shape index (κ1) is 22.2. The van der Waals surface area contributed by atoms with Crippen LogP contribution in [0.2, 0.25) is 0 Å². The normalized spacial score (nSPS) is 17.5. The molecule has 4 nitrogen and oxygen atoms in total. The van der Waals surface area contributed by atoms with Gasteiger partial charge in [-0.1, -0.05) is 126 Å². The Bertz CT molecular complexity index is 1220. The lowest BCUT2D eigenvalue weighted by Gasteiger charge is -2.28. The third kappa shape index (κ3) is 4.10. The topological polar surface area (TPSA) is 40.3 Å². The van der Waals surface area contributed by atoms with Crippen molar-refractivity contribution in [2.45, 2.75) is 0 Å². The number of hydrogen-bond acceptors (Lipinski definition) is 4. The summed E-state index contributed by atoms with van der Waals surface area (Å²) in [4.78, 5) is 0. The van der Waals surface area contributed by atoms with Gasteiger partial charge in [0, 0.05) is 35.3 Å². The first-order valence-corrected chi connectivity index (χ1v) is 15.4. The summed E-state index contributed by atoms with van der Waals surface area (Å²) in [5.41, 5.74) is 0. The second-order valence-electron chi connectivity index (χ2n) is 7.93. The molecule has 0 aliphatic carbocycles. The molecule has 0 saturated carbocycles. The van der Waals surface area contributed by atoms with E-state index < -0.39 is 22.4 Å². The molecule has 1 aliphatic rings. The van der Waals surface area contributed by atoms with Gasteiger partial charge in [0.1, 0.15) is 0 Å². The zero-order chi connectivity index (χ0) is 22.7. The van der Waals surface area contributed by atoms with Gasteiger partial charge in [-0.2, -0.15) is 0 Å². The summed E-state index contributed by atoms with van der Waals surface area (Å²) in [5, 5.41) is 4.71. The van der Waals surface area contributed by atoms with Crippen molar-refractivity contribution in [2.75, 3.05) is 14.1 Å². The minimum atomic E-state index is -2.46. The van der Waals surface area contributed by atoms with Gasteiger partial charge in [0.25, 0.3) is 0 Å². The molecule has 0 saturated heterocycles. The molecule has 1 heterocycles. The molecule has 1 unspecified atom stereocenters. The highest BCUT2D eigenvalue weighted by Crippen LogP contribution is 2.71. The van der Waals surface area contributed by atoms with Crippen molar-refractivity contribution in [3.63, 3.8) is 0 Å². The summed E-state index contributed by atoms with van der Waals surface area (Å²) in [6, 6.07) is 42.5. The third-order valence-electron chi connectivity index (χ3n) is 5.50. The molecule has 0 N–H and O–H groups in total. The van der Waals surface area contributed by atoms with Crippen molar-refractivity contribution >= 4 is 43.6 Å². The highest BCUT2D eigenvalue weighted by Gasteiger charge is 2.43. The number of benzene rings is 4. The van der Waals surface area contributed by atoms with Gasteiger partial charge >= 0.3 is 8.01 Å². The molecule has 5 rings (SSSR count). The Morgan fingerprint density at radius 1 is 0.515 bits per heavy atom. The Labute approximate surface area is 197 Å². The molecule has 1 atom stereocenters. The molecule has 33 heavy (non-hydrogen) atoms. The Balaban J connectivity index is 1.99. The molecule has 0 aromatic heterocycles. The van der Waals surface area contributed by atoms with E-state index in [1.54, 1.807) is 0 Å². The summed E-state index contributed by atoms with van der Waals surface area (Å²) in [6.45, 7) is 0. The second kappa shape index (κ2) is 9.34. The minimum absolute atomic E-state index is 1.11. The van der Waals surface area contributed by atoms with E-state index in [0.717, 1.165) is 0 Å². The van der Waals surface area contributed by atoms with Crippen LogP contribution in [0.3, 0.4) is 0 Å². The minimum Gasteiger partial charge on any atom is -0.215 e. The lowest BCUT2D eigenvalue weighted by atomic mass is 10.4. The molecule has 4 aromatic carbocycles. The maximum Gasteiger partial charge on any atom is 0.458 e. The average molecular weight is 487 g/mol. The summed E-state index contributed by atoms with van der Waals surface area (Å²) in [5.74, 6) is 0. The zero-order valence-electron chi connectivity index (χ0n) is 18.7. The summed E-state index contributed by atoms with van der Waals surface area (Å²) in [7, 11) is -1.88. The smallest absolute Gasteiger partial charge is 0.215 e. The van der Waals surface area contributed by atoms with Gasteiger partial charge < -0.3 is 0 Å². The van der Waals surface area contributed by atoms with Crippen LogP contribution in [0.4, 0.5) is 0 Å². The van der Waals surface area contributed by atoms with Crippen LogP contribution in [0.15, 0.2) is 135 Å². The Kier molecular flexibility index (Phi) is 6.28. The Morgan fingerprint density at radius 2 is 0.848 bits per heavy atom. The number of nitrogens with zero attached hydrogens (tertiary/aromatic N) is 4. The van der Waals surface area contributed by atoms with Crippen molar-refractivity contribution in [1.29, 1.82) is 0 Å². The maximum absolute atomic E-state index is 5.84. The Hall–Kier alpha value is -2.60. The van der Waals surface area contributed by atoms with Crippen LogP contribution in [-0.2, 0) is 0 Å². The highest BCUT2D eigenvalue weighted by molar-refractivity contribution is 7.94. The lowest BCUT2D eigenvalue weighted by molar-refractivity contribution is 0.684. The monoisotopic (exact) mass is 487 g/mol. The first-order valence-electron chi connectivity index (χ1n) is 10.8. The fourth-order valence-electron chi connectivity index (χ4n) is 3.89. The van der Waals surface area contributed by atoms with Crippen LogP contribution in [0.5, 0.6) is 0 Å². The van der Waals surface area contributed by atoms with E-state index in [1.165, 1.54) is 21.2 Å². The van der Waals surface area contributed by atoms with Crippen LogP contribution in [0.25, 0.3) is 0 Å². The van der Waals surface area contributed by atoms with Crippen LogP contribution >= 0.6 is 22.4 Å². The molecule has 0 amide bonds. The molecular formula is C26H26N4P3+. The van der Waals surface area contributed by atoms with Gasteiger partial charge in [-0.3, -0.25) is 0 Å². The SMILES string of the molecule is CN(C)[P+]1=NP(c2ccccc2)(c2ccccc2)=NP(c2ccccc2)(c2ccccc2)=N1. The van der Waals surface area contributed by atoms with E-state index >= 15 is 0 Å². The predicted octanol–water partition coefficient (Wildman–Crippen LogP) is 6.59. The average Bonchev–Trinajstić information content (AvgIpc) is 2.90. The fraction of sp³-hybridized carbons (Fsp3) is 0.0769. The standard InChI is InChI=1S/C26H26N4P3/c1-30(2)31-27-32(23-15-7-3-8-16-23,24-17-9-4-10-18-24)29-33(28-31,25-19-11-5-12-20-25)26-21-13-6-14-22-26/h3-22H,1-2H3/q+1. The van der Waals surface area contributed by atoms with Crippen LogP contribution < -0.4 is 21.2 Å². The van der Waals surface area contributed by atoms with Crippen molar-refractivity contribution in [3.05, 3.63) is 121 Å². The number of hydrogen-bond donors (Lipinski definition) is 0. The van der Waals surface area contributed by atoms with Gasteiger partial charge in [-0.15, -0.1) is 0 Å². The largest absolute Gasteiger partial charge is 0.458 e. The third-order valence-corrected chi connectivity index (χ3v) is 15.7.